The quantitative estimate of drug-likeness (QED) is 0.624. The summed E-state index contributed by atoms with van der Waals surface area (Å²) in [5, 5.41) is 0. The summed E-state index contributed by atoms with van der Waals surface area (Å²) in [7, 11) is 0. The Kier molecular flexibility index (Phi) is 2.34. The van der Waals surface area contributed by atoms with Gasteiger partial charge in [-0.2, -0.15) is 0 Å². The highest BCUT2D eigenvalue weighted by Crippen LogP contribution is 2.39. The third-order valence-electron chi connectivity index (χ3n) is 4.10. The zero-order valence-electron chi connectivity index (χ0n) is 11.6. The number of nitrogens with zero attached hydrogens (tertiary/aromatic N) is 4. The Labute approximate surface area is 108 Å². The second-order valence-corrected chi connectivity index (χ2v) is 6.17. The van der Waals surface area contributed by atoms with Gasteiger partial charge in [-0.05, 0) is 27.7 Å². The molecule has 1 saturated carbocycles. The van der Waals surface area contributed by atoms with Crippen LogP contribution in [-0.4, -0.2) is 49.0 Å². The molecule has 4 heteroatoms. The second-order valence-electron chi connectivity index (χ2n) is 6.17. The average molecular weight is 244 g/mol. The third kappa shape index (κ3) is 1.38. The Morgan fingerprint density at radius 1 is 0.556 bits per heavy atom. The molecule has 0 radical (unpaired) electrons. The smallest absolute Gasteiger partial charge is 0.0685 e. The van der Waals surface area contributed by atoms with Crippen LogP contribution < -0.4 is 0 Å². The lowest BCUT2D eigenvalue weighted by Crippen LogP contribution is -2.59. The Hall–Kier alpha value is -1.32. The summed E-state index contributed by atoms with van der Waals surface area (Å²) in [6.07, 6.45) is 0. The number of fused-ring (bicyclic) bond motifs is 2. The van der Waals surface area contributed by atoms with E-state index < -0.39 is 0 Å². The molecular weight excluding hydrogens is 224 g/mol. The van der Waals surface area contributed by atoms with E-state index in [1.165, 1.54) is 0 Å². The summed E-state index contributed by atoms with van der Waals surface area (Å²) in [5.41, 5.74) is 4.20. The summed E-state index contributed by atoms with van der Waals surface area (Å²) >= 11 is 0. The maximum Gasteiger partial charge on any atom is 0.0685 e. The van der Waals surface area contributed by atoms with Crippen molar-refractivity contribution in [2.45, 2.75) is 27.7 Å². The molecule has 3 rings (SSSR count). The van der Waals surface area contributed by atoms with Crippen LogP contribution in [0, 0.1) is 10.8 Å². The fraction of sp³-hybridized carbons (Fsp3) is 0.714. The Morgan fingerprint density at radius 2 is 0.778 bits per heavy atom. The van der Waals surface area contributed by atoms with Gasteiger partial charge in [-0.15, -0.1) is 0 Å². The lowest BCUT2D eigenvalue weighted by atomic mass is 9.61. The first-order valence-electron chi connectivity index (χ1n) is 6.66. The molecule has 18 heavy (non-hydrogen) atoms. The normalized spacial score (nSPS) is 28.2. The van der Waals surface area contributed by atoms with Gasteiger partial charge in [0.15, 0.2) is 0 Å². The predicted molar refractivity (Wildman–Crippen MR) is 76.8 cm³/mol. The van der Waals surface area contributed by atoms with Crippen molar-refractivity contribution in [3.8, 4) is 0 Å². The zero-order valence-corrected chi connectivity index (χ0v) is 11.6. The first kappa shape index (κ1) is 11.8. The van der Waals surface area contributed by atoms with Crippen molar-refractivity contribution in [3.63, 3.8) is 0 Å². The maximum atomic E-state index is 4.74. The van der Waals surface area contributed by atoms with Crippen LogP contribution in [-0.2, 0) is 0 Å². The highest BCUT2D eigenvalue weighted by molar-refractivity contribution is 6.67. The van der Waals surface area contributed by atoms with Crippen LogP contribution in [0.15, 0.2) is 20.0 Å². The SMILES string of the molecule is CC1(C)C2=NCCN=C2C(C)(C)C2=NCCN=C21. The van der Waals surface area contributed by atoms with Crippen LogP contribution in [0.4, 0.5) is 0 Å². The number of aliphatic imine (C=N–C) groups is 4. The van der Waals surface area contributed by atoms with E-state index in [4.69, 9.17) is 20.0 Å². The van der Waals surface area contributed by atoms with Gasteiger partial charge in [-0.25, -0.2) is 0 Å². The molecule has 0 N–H and O–H groups in total. The van der Waals surface area contributed by atoms with Gasteiger partial charge in [0.1, 0.15) is 0 Å². The van der Waals surface area contributed by atoms with E-state index >= 15 is 0 Å². The van der Waals surface area contributed by atoms with Crippen LogP contribution in [0.25, 0.3) is 0 Å². The summed E-state index contributed by atoms with van der Waals surface area (Å²) in [6, 6.07) is 0. The molecule has 3 aliphatic rings. The van der Waals surface area contributed by atoms with Gasteiger partial charge >= 0.3 is 0 Å². The number of hydrogen-bond acceptors (Lipinski definition) is 4. The van der Waals surface area contributed by atoms with Gasteiger partial charge in [0.2, 0.25) is 0 Å². The summed E-state index contributed by atoms with van der Waals surface area (Å²) in [5.74, 6) is 0. The van der Waals surface area contributed by atoms with Gasteiger partial charge in [-0.3, -0.25) is 20.0 Å². The minimum atomic E-state index is -0.145. The molecule has 96 valence electrons. The molecular formula is C14H20N4. The fourth-order valence-electron chi connectivity index (χ4n) is 3.15. The monoisotopic (exact) mass is 244 g/mol. The zero-order chi connectivity index (χ0) is 13.0. The van der Waals surface area contributed by atoms with E-state index in [0.29, 0.717) is 0 Å². The Balaban J connectivity index is 2.24. The van der Waals surface area contributed by atoms with Crippen LogP contribution in [0.2, 0.25) is 0 Å². The molecule has 1 aliphatic carbocycles. The van der Waals surface area contributed by atoms with Crippen molar-refractivity contribution < 1.29 is 0 Å². The first-order chi connectivity index (χ1) is 8.45. The van der Waals surface area contributed by atoms with Gasteiger partial charge in [0.05, 0.1) is 59.9 Å². The number of rotatable bonds is 0. The largest absolute Gasteiger partial charge is 0.285 e. The van der Waals surface area contributed by atoms with Crippen molar-refractivity contribution in [3.05, 3.63) is 0 Å². The van der Waals surface area contributed by atoms with Crippen molar-refractivity contribution in [1.82, 2.24) is 0 Å². The third-order valence-corrected chi connectivity index (χ3v) is 4.10. The highest BCUT2D eigenvalue weighted by Gasteiger charge is 2.51. The first-order valence-corrected chi connectivity index (χ1v) is 6.66. The second kappa shape index (κ2) is 3.59. The highest BCUT2D eigenvalue weighted by atomic mass is 15.0. The molecule has 2 aliphatic heterocycles. The van der Waals surface area contributed by atoms with Gasteiger partial charge < -0.3 is 0 Å². The van der Waals surface area contributed by atoms with Gasteiger partial charge in [0, 0.05) is 0 Å². The van der Waals surface area contributed by atoms with Crippen LogP contribution >= 0.6 is 0 Å². The van der Waals surface area contributed by atoms with Crippen molar-refractivity contribution in [2.24, 2.45) is 30.8 Å². The molecule has 0 spiro atoms. The molecule has 2 heterocycles. The van der Waals surface area contributed by atoms with Crippen LogP contribution in [0.1, 0.15) is 27.7 Å². The van der Waals surface area contributed by atoms with E-state index in [9.17, 15) is 0 Å². The molecule has 0 saturated heterocycles. The van der Waals surface area contributed by atoms with E-state index in [1.54, 1.807) is 0 Å². The van der Waals surface area contributed by atoms with E-state index in [2.05, 4.69) is 27.7 Å². The molecule has 0 bridgehead atoms. The van der Waals surface area contributed by atoms with Crippen molar-refractivity contribution >= 4 is 22.8 Å². The molecule has 0 unspecified atom stereocenters. The summed E-state index contributed by atoms with van der Waals surface area (Å²) < 4.78 is 0. The Bertz CT molecular complexity index is 426. The van der Waals surface area contributed by atoms with E-state index in [1.807, 2.05) is 0 Å². The summed E-state index contributed by atoms with van der Waals surface area (Å²) in [6.45, 7) is 12.0. The molecule has 0 aromatic rings. The van der Waals surface area contributed by atoms with Crippen molar-refractivity contribution in [2.75, 3.05) is 26.2 Å². The lowest BCUT2D eigenvalue weighted by Gasteiger charge is -2.45. The molecule has 0 aromatic carbocycles. The standard InChI is InChI=1S/C14H20N4/c1-13(2)9-11(17-7-5-15-9)14(3,4)12-10(13)16-6-8-18-12/h5-8H2,1-4H3. The van der Waals surface area contributed by atoms with Crippen LogP contribution in [0.3, 0.4) is 0 Å². The average Bonchev–Trinajstić information content (AvgIpc) is 2.37. The minimum absolute atomic E-state index is 0.145. The summed E-state index contributed by atoms with van der Waals surface area (Å²) in [4.78, 5) is 19.0. The predicted octanol–water partition coefficient (Wildman–Crippen LogP) is 1.84. The molecule has 4 nitrogen and oxygen atoms in total. The Morgan fingerprint density at radius 3 is 1.00 bits per heavy atom. The lowest BCUT2D eigenvalue weighted by molar-refractivity contribution is 0.644. The van der Waals surface area contributed by atoms with E-state index in [0.717, 1.165) is 49.0 Å². The van der Waals surface area contributed by atoms with E-state index in [-0.39, 0.29) is 10.8 Å². The minimum Gasteiger partial charge on any atom is -0.285 e. The maximum absolute atomic E-state index is 4.74. The molecule has 0 atom stereocenters. The molecule has 0 aromatic heterocycles. The molecule has 0 amide bonds. The topological polar surface area (TPSA) is 49.4 Å². The fourth-order valence-corrected chi connectivity index (χ4v) is 3.15. The number of hydrogen-bond donors (Lipinski definition) is 0. The van der Waals surface area contributed by atoms with Gasteiger partial charge in [0.25, 0.3) is 0 Å². The van der Waals surface area contributed by atoms with Crippen LogP contribution in [0.5, 0.6) is 0 Å². The van der Waals surface area contributed by atoms with Gasteiger partial charge in [-0.1, -0.05) is 0 Å². The van der Waals surface area contributed by atoms with Crippen molar-refractivity contribution in [1.29, 1.82) is 0 Å². The molecule has 1 fully saturated rings.